The number of carbonyl (C=O) groups is 2. The molecule has 1 N–H and O–H groups in total. The maximum Gasteiger partial charge on any atom is 0.300 e. The maximum absolute atomic E-state index is 13.2. The molecule has 1 aromatic heterocycles. The standard InChI is InChI=1S/C24H19Cl2NO4S/c1-12-6-4-5-7-17(12)27-19(23-13(2)8-9-32-23)18(21(29)24(27)30)20(28)14-10-15(25)22(31-3)16(26)11-14/h4-11,19,28H,1-3H3/b20-18-. The van der Waals surface area contributed by atoms with Gasteiger partial charge >= 0.3 is 0 Å². The zero-order chi connectivity index (χ0) is 23.2. The van der Waals surface area contributed by atoms with Crippen LogP contribution in [0, 0.1) is 13.8 Å². The Morgan fingerprint density at radius 3 is 2.28 bits per heavy atom. The largest absolute Gasteiger partial charge is 0.507 e. The van der Waals surface area contributed by atoms with Gasteiger partial charge in [0.2, 0.25) is 0 Å². The van der Waals surface area contributed by atoms with Gasteiger partial charge in [-0.25, -0.2) is 0 Å². The van der Waals surface area contributed by atoms with Crippen LogP contribution in [0.15, 0.2) is 53.4 Å². The predicted octanol–water partition coefficient (Wildman–Crippen LogP) is 6.31. The lowest BCUT2D eigenvalue weighted by Crippen LogP contribution is -2.30. The molecule has 1 amide bonds. The fourth-order valence-corrected chi connectivity index (χ4v) is 5.54. The molecule has 0 bridgehead atoms. The first kappa shape index (κ1) is 22.4. The predicted molar refractivity (Wildman–Crippen MR) is 128 cm³/mol. The second-order valence-corrected chi connectivity index (χ2v) is 9.16. The van der Waals surface area contributed by atoms with Gasteiger partial charge in [0, 0.05) is 16.1 Å². The maximum atomic E-state index is 13.2. The summed E-state index contributed by atoms with van der Waals surface area (Å²) in [4.78, 5) is 28.7. The summed E-state index contributed by atoms with van der Waals surface area (Å²) in [5.41, 5.74) is 2.57. The van der Waals surface area contributed by atoms with Gasteiger partial charge in [-0.05, 0) is 54.6 Å². The lowest BCUT2D eigenvalue weighted by molar-refractivity contribution is -0.132. The number of ketones is 1. The van der Waals surface area contributed by atoms with E-state index < -0.39 is 17.7 Å². The van der Waals surface area contributed by atoms with Gasteiger partial charge in [-0.2, -0.15) is 0 Å². The normalized spacial score (nSPS) is 17.8. The van der Waals surface area contributed by atoms with Crippen molar-refractivity contribution in [3.8, 4) is 5.75 Å². The number of aryl methyl sites for hydroxylation is 2. The first-order valence-corrected chi connectivity index (χ1v) is 11.3. The number of nitrogens with zero attached hydrogens (tertiary/aromatic N) is 1. The molecule has 1 aliphatic heterocycles. The fourth-order valence-electron chi connectivity index (χ4n) is 3.87. The van der Waals surface area contributed by atoms with Gasteiger partial charge in [0.1, 0.15) is 11.8 Å². The van der Waals surface area contributed by atoms with Crippen LogP contribution in [0.25, 0.3) is 5.76 Å². The minimum atomic E-state index is -0.782. The van der Waals surface area contributed by atoms with Gasteiger partial charge in [0.05, 0.1) is 22.7 Å². The number of amides is 1. The lowest BCUT2D eigenvalue weighted by atomic mass is 9.98. The van der Waals surface area contributed by atoms with Crippen molar-refractivity contribution in [2.75, 3.05) is 12.0 Å². The molecule has 2 aromatic carbocycles. The number of aliphatic hydroxyl groups excluding tert-OH is 1. The second-order valence-electron chi connectivity index (χ2n) is 7.40. The molecule has 0 spiro atoms. The van der Waals surface area contributed by atoms with E-state index in [1.165, 1.54) is 35.5 Å². The molecule has 164 valence electrons. The topological polar surface area (TPSA) is 66.8 Å². The summed E-state index contributed by atoms with van der Waals surface area (Å²) in [7, 11) is 1.43. The third kappa shape index (κ3) is 3.58. The molecule has 4 rings (SSSR count). The van der Waals surface area contributed by atoms with Gasteiger partial charge in [0.15, 0.2) is 5.75 Å². The van der Waals surface area contributed by atoms with Crippen LogP contribution >= 0.6 is 34.5 Å². The Hall–Kier alpha value is -2.80. The van der Waals surface area contributed by atoms with E-state index in [-0.39, 0.29) is 32.7 Å². The molecule has 1 atom stereocenters. The number of para-hydroxylation sites is 1. The van der Waals surface area contributed by atoms with E-state index in [0.29, 0.717) is 5.69 Å². The molecular formula is C24H19Cl2NO4S. The summed E-state index contributed by atoms with van der Waals surface area (Å²) in [6.45, 7) is 3.78. The SMILES string of the molecule is COc1c(Cl)cc(/C(O)=C2/C(=O)C(=O)N(c3ccccc3C)C2c2sccc2C)cc1Cl. The number of methoxy groups -OCH3 is 1. The van der Waals surface area contributed by atoms with Crippen LogP contribution < -0.4 is 9.64 Å². The molecule has 3 aromatic rings. The summed E-state index contributed by atoms with van der Waals surface area (Å²) >= 11 is 13.9. The molecule has 0 radical (unpaired) electrons. The van der Waals surface area contributed by atoms with Crippen LogP contribution in [-0.4, -0.2) is 23.9 Å². The monoisotopic (exact) mass is 487 g/mol. The van der Waals surface area contributed by atoms with E-state index in [0.717, 1.165) is 16.0 Å². The van der Waals surface area contributed by atoms with Crippen molar-refractivity contribution >= 4 is 57.7 Å². The Morgan fingerprint density at radius 2 is 1.72 bits per heavy atom. The average molecular weight is 488 g/mol. The van der Waals surface area contributed by atoms with E-state index in [1.807, 2.05) is 43.5 Å². The van der Waals surface area contributed by atoms with Crippen molar-refractivity contribution < 1.29 is 19.4 Å². The Balaban J connectivity index is 1.98. The summed E-state index contributed by atoms with van der Waals surface area (Å²) in [5, 5.41) is 13.5. The summed E-state index contributed by atoms with van der Waals surface area (Å²) < 4.78 is 5.17. The number of ether oxygens (including phenoxy) is 1. The Labute approximate surface area is 199 Å². The van der Waals surface area contributed by atoms with Crippen LogP contribution in [0.2, 0.25) is 10.0 Å². The number of thiophene rings is 1. The van der Waals surface area contributed by atoms with Crippen LogP contribution in [0.1, 0.15) is 27.6 Å². The van der Waals surface area contributed by atoms with Crippen molar-refractivity contribution in [3.63, 3.8) is 0 Å². The number of hydrogen-bond donors (Lipinski definition) is 1. The Bertz CT molecular complexity index is 1260. The van der Waals surface area contributed by atoms with Crippen molar-refractivity contribution in [1.29, 1.82) is 0 Å². The van der Waals surface area contributed by atoms with Crippen LogP contribution in [0.5, 0.6) is 5.75 Å². The first-order valence-electron chi connectivity index (χ1n) is 9.70. The van der Waals surface area contributed by atoms with Crippen molar-refractivity contribution in [2.24, 2.45) is 0 Å². The molecule has 32 heavy (non-hydrogen) atoms. The zero-order valence-electron chi connectivity index (χ0n) is 17.5. The number of benzene rings is 2. The number of rotatable bonds is 4. The minimum Gasteiger partial charge on any atom is -0.507 e. The van der Waals surface area contributed by atoms with Gasteiger partial charge in [-0.1, -0.05) is 41.4 Å². The van der Waals surface area contributed by atoms with Crippen LogP contribution in [0.4, 0.5) is 5.69 Å². The smallest absolute Gasteiger partial charge is 0.300 e. The third-order valence-electron chi connectivity index (χ3n) is 5.45. The highest BCUT2D eigenvalue weighted by Gasteiger charge is 2.48. The Kier molecular flexibility index (Phi) is 6.03. The first-order chi connectivity index (χ1) is 15.3. The number of Topliss-reactive ketones (excluding diaryl/α,β-unsaturated/α-hetero) is 1. The molecular weight excluding hydrogens is 469 g/mol. The fraction of sp³-hybridized carbons (Fsp3) is 0.167. The van der Waals surface area contributed by atoms with E-state index in [2.05, 4.69) is 0 Å². The highest BCUT2D eigenvalue weighted by molar-refractivity contribution is 7.10. The van der Waals surface area contributed by atoms with Crippen molar-refractivity contribution in [3.05, 3.63) is 85.0 Å². The highest BCUT2D eigenvalue weighted by atomic mass is 35.5. The molecule has 1 aliphatic rings. The van der Waals surface area contributed by atoms with Crippen LogP contribution in [-0.2, 0) is 9.59 Å². The van der Waals surface area contributed by atoms with Gasteiger partial charge in [0.25, 0.3) is 11.7 Å². The molecule has 2 heterocycles. The van der Waals surface area contributed by atoms with Gasteiger partial charge in [-0.3, -0.25) is 14.5 Å². The van der Waals surface area contributed by atoms with E-state index in [9.17, 15) is 14.7 Å². The van der Waals surface area contributed by atoms with Crippen molar-refractivity contribution in [1.82, 2.24) is 0 Å². The number of carbonyl (C=O) groups excluding carboxylic acids is 2. The van der Waals surface area contributed by atoms with E-state index in [1.54, 1.807) is 6.07 Å². The van der Waals surface area contributed by atoms with Gasteiger partial charge in [-0.15, -0.1) is 11.3 Å². The number of aliphatic hydroxyl groups is 1. The molecule has 1 fully saturated rings. The van der Waals surface area contributed by atoms with E-state index >= 15 is 0 Å². The molecule has 5 nitrogen and oxygen atoms in total. The van der Waals surface area contributed by atoms with Crippen LogP contribution in [0.3, 0.4) is 0 Å². The highest BCUT2D eigenvalue weighted by Crippen LogP contribution is 2.46. The summed E-state index contributed by atoms with van der Waals surface area (Å²) in [6, 6.07) is 11.4. The Morgan fingerprint density at radius 1 is 1.06 bits per heavy atom. The number of anilines is 1. The van der Waals surface area contributed by atoms with E-state index in [4.69, 9.17) is 27.9 Å². The zero-order valence-corrected chi connectivity index (χ0v) is 19.8. The van der Waals surface area contributed by atoms with Crippen molar-refractivity contribution in [2.45, 2.75) is 19.9 Å². The third-order valence-corrected chi connectivity index (χ3v) is 7.08. The minimum absolute atomic E-state index is 0.0129. The molecule has 0 aliphatic carbocycles. The second kappa shape index (κ2) is 8.62. The molecule has 1 saturated heterocycles. The average Bonchev–Trinajstić information content (AvgIpc) is 3.28. The number of halogens is 2. The quantitative estimate of drug-likeness (QED) is 0.266. The number of hydrogen-bond acceptors (Lipinski definition) is 5. The lowest BCUT2D eigenvalue weighted by Gasteiger charge is -2.26. The molecule has 1 unspecified atom stereocenters. The molecule has 0 saturated carbocycles. The van der Waals surface area contributed by atoms with Gasteiger partial charge < -0.3 is 9.84 Å². The molecule has 8 heteroatoms. The summed E-state index contributed by atoms with van der Waals surface area (Å²) in [6.07, 6.45) is 0. The summed E-state index contributed by atoms with van der Waals surface area (Å²) in [5.74, 6) is -1.56.